The Morgan fingerprint density at radius 2 is 1.81 bits per heavy atom. The van der Waals surface area contributed by atoms with Crippen molar-refractivity contribution in [1.82, 2.24) is 5.32 Å². The van der Waals surface area contributed by atoms with E-state index in [-0.39, 0.29) is 17.9 Å². The highest BCUT2D eigenvalue weighted by atomic mass is 16.2. The van der Waals surface area contributed by atoms with Crippen molar-refractivity contribution in [1.29, 1.82) is 0 Å². The van der Waals surface area contributed by atoms with E-state index < -0.39 is 0 Å². The molecule has 1 atom stereocenters. The third-order valence-electron chi connectivity index (χ3n) is 3.41. The molecule has 21 heavy (non-hydrogen) atoms. The predicted octanol–water partition coefficient (Wildman–Crippen LogP) is 2.36. The van der Waals surface area contributed by atoms with E-state index in [1.54, 1.807) is 24.3 Å². The Hall–Kier alpha value is -1.88. The van der Waals surface area contributed by atoms with Gasteiger partial charge in [-0.25, -0.2) is 0 Å². The van der Waals surface area contributed by atoms with Crippen LogP contribution in [0.1, 0.15) is 33.1 Å². The van der Waals surface area contributed by atoms with Crippen LogP contribution in [0.2, 0.25) is 0 Å². The molecule has 1 heterocycles. The van der Waals surface area contributed by atoms with Gasteiger partial charge in [-0.1, -0.05) is 13.8 Å². The van der Waals surface area contributed by atoms with Gasteiger partial charge in [0.2, 0.25) is 11.8 Å². The maximum absolute atomic E-state index is 12.0. The van der Waals surface area contributed by atoms with Crippen LogP contribution >= 0.6 is 0 Å². The molecule has 5 heteroatoms. The molecule has 2 amide bonds. The summed E-state index contributed by atoms with van der Waals surface area (Å²) in [6.07, 6.45) is 2.43. The summed E-state index contributed by atoms with van der Waals surface area (Å²) in [5, 5.41) is 8.89. The van der Waals surface area contributed by atoms with E-state index in [9.17, 15) is 9.59 Å². The Morgan fingerprint density at radius 3 is 2.33 bits per heavy atom. The first kappa shape index (κ1) is 15.5. The van der Waals surface area contributed by atoms with Crippen LogP contribution in [-0.4, -0.2) is 24.4 Å². The van der Waals surface area contributed by atoms with Gasteiger partial charge in [-0.05, 0) is 49.6 Å². The Balaban J connectivity index is 1.86. The number of nitrogens with one attached hydrogen (secondary N) is 3. The molecule has 1 aliphatic heterocycles. The Morgan fingerprint density at radius 1 is 1.19 bits per heavy atom. The van der Waals surface area contributed by atoms with Crippen LogP contribution in [0.5, 0.6) is 0 Å². The molecular weight excluding hydrogens is 266 g/mol. The van der Waals surface area contributed by atoms with Crippen LogP contribution in [0.4, 0.5) is 11.4 Å². The first-order valence-electron chi connectivity index (χ1n) is 7.49. The van der Waals surface area contributed by atoms with E-state index in [1.165, 1.54) is 0 Å². The SMILES string of the molecule is CC(C)CC(=O)Nc1ccc(NC(=O)[C@@H]2CCCN2)cc1. The van der Waals surface area contributed by atoms with Gasteiger partial charge in [-0.2, -0.15) is 0 Å². The van der Waals surface area contributed by atoms with Crippen LogP contribution in [0.3, 0.4) is 0 Å². The van der Waals surface area contributed by atoms with Gasteiger partial charge in [-0.3, -0.25) is 9.59 Å². The third-order valence-corrected chi connectivity index (χ3v) is 3.41. The van der Waals surface area contributed by atoms with Gasteiger partial charge in [0, 0.05) is 17.8 Å². The molecule has 1 saturated heterocycles. The number of rotatable bonds is 5. The number of anilines is 2. The molecule has 3 N–H and O–H groups in total. The van der Waals surface area contributed by atoms with Crippen molar-refractivity contribution >= 4 is 23.2 Å². The average Bonchev–Trinajstić information content (AvgIpc) is 2.94. The van der Waals surface area contributed by atoms with Gasteiger partial charge in [0.05, 0.1) is 6.04 Å². The molecule has 0 aromatic heterocycles. The molecule has 5 nitrogen and oxygen atoms in total. The maximum atomic E-state index is 12.0. The van der Waals surface area contributed by atoms with Gasteiger partial charge in [0.25, 0.3) is 0 Å². The monoisotopic (exact) mass is 289 g/mol. The fourth-order valence-corrected chi connectivity index (χ4v) is 2.36. The summed E-state index contributed by atoms with van der Waals surface area (Å²) in [5.41, 5.74) is 1.49. The minimum Gasteiger partial charge on any atom is -0.326 e. The summed E-state index contributed by atoms with van der Waals surface area (Å²) in [4.78, 5) is 23.6. The Bertz CT molecular complexity index is 491. The molecular formula is C16H23N3O2. The molecule has 1 fully saturated rings. The van der Waals surface area contributed by atoms with Crippen molar-refractivity contribution < 1.29 is 9.59 Å². The smallest absolute Gasteiger partial charge is 0.241 e. The van der Waals surface area contributed by atoms with E-state index in [0.717, 1.165) is 30.8 Å². The molecule has 0 radical (unpaired) electrons. The van der Waals surface area contributed by atoms with E-state index in [4.69, 9.17) is 0 Å². The molecule has 0 bridgehead atoms. The summed E-state index contributed by atoms with van der Waals surface area (Å²) in [5.74, 6) is 0.350. The summed E-state index contributed by atoms with van der Waals surface area (Å²) >= 11 is 0. The number of hydrogen-bond acceptors (Lipinski definition) is 3. The van der Waals surface area contributed by atoms with Gasteiger partial charge >= 0.3 is 0 Å². The largest absolute Gasteiger partial charge is 0.326 e. The second-order valence-corrected chi connectivity index (χ2v) is 5.86. The fraction of sp³-hybridized carbons (Fsp3) is 0.500. The van der Waals surface area contributed by atoms with Crippen molar-refractivity contribution in [2.75, 3.05) is 17.2 Å². The second-order valence-electron chi connectivity index (χ2n) is 5.86. The zero-order valence-corrected chi connectivity index (χ0v) is 12.6. The van der Waals surface area contributed by atoms with Gasteiger partial charge in [-0.15, -0.1) is 0 Å². The van der Waals surface area contributed by atoms with Crippen LogP contribution in [-0.2, 0) is 9.59 Å². The number of benzene rings is 1. The summed E-state index contributed by atoms with van der Waals surface area (Å²) in [7, 11) is 0. The number of carbonyl (C=O) groups is 2. The minimum atomic E-state index is -0.0876. The average molecular weight is 289 g/mol. The zero-order chi connectivity index (χ0) is 15.2. The lowest BCUT2D eigenvalue weighted by Gasteiger charge is -2.12. The lowest BCUT2D eigenvalue weighted by molar-refractivity contribution is -0.118. The summed E-state index contributed by atoms with van der Waals surface area (Å²) in [6, 6.07) is 7.12. The van der Waals surface area contributed by atoms with Crippen molar-refractivity contribution in [2.45, 2.75) is 39.2 Å². The van der Waals surface area contributed by atoms with Crippen molar-refractivity contribution in [3.63, 3.8) is 0 Å². The number of amides is 2. The van der Waals surface area contributed by atoms with E-state index >= 15 is 0 Å². The highest BCUT2D eigenvalue weighted by molar-refractivity contribution is 5.95. The topological polar surface area (TPSA) is 70.2 Å². The van der Waals surface area contributed by atoms with Crippen LogP contribution in [0.25, 0.3) is 0 Å². The molecule has 114 valence electrons. The maximum Gasteiger partial charge on any atom is 0.241 e. The molecule has 1 aromatic rings. The van der Waals surface area contributed by atoms with Crippen molar-refractivity contribution in [3.05, 3.63) is 24.3 Å². The molecule has 0 aliphatic carbocycles. The second kappa shape index (κ2) is 7.22. The molecule has 1 aromatic carbocycles. The normalized spacial score (nSPS) is 17.8. The van der Waals surface area contributed by atoms with Gasteiger partial charge in [0.1, 0.15) is 0 Å². The van der Waals surface area contributed by atoms with Crippen molar-refractivity contribution in [2.24, 2.45) is 5.92 Å². The molecule has 0 spiro atoms. The van der Waals surface area contributed by atoms with Gasteiger partial charge in [0.15, 0.2) is 0 Å². The first-order valence-corrected chi connectivity index (χ1v) is 7.49. The Labute approximate surface area is 125 Å². The quantitative estimate of drug-likeness (QED) is 0.779. The van der Waals surface area contributed by atoms with E-state index in [2.05, 4.69) is 16.0 Å². The summed E-state index contributed by atoms with van der Waals surface area (Å²) in [6.45, 7) is 4.92. The molecule has 0 unspecified atom stereocenters. The van der Waals surface area contributed by atoms with E-state index in [1.807, 2.05) is 13.8 Å². The highest BCUT2D eigenvalue weighted by Crippen LogP contribution is 2.16. The van der Waals surface area contributed by atoms with Crippen molar-refractivity contribution in [3.8, 4) is 0 Å². The Kier molecular flexibility index (Phi) is 5.33. The molecule has 1 aliphatic rings. The van der Waals surface area contributed by atoms with Crippen LogP contribution in [0.15, 0.2) is 24.3 Å². The fourth-order valence-electron chi connectivity index (χ4n) is 2.36. The number of carbonyl (C=O) groups excluding carboxylic acids is 2. The zero-order valence-electron chi connectivity index (χ0n) is 12.6. The minimum absolute atomic E-state index is 0.00379. The predicted molar refractivity (Wildman–Crippen MR) is 84.2 cm³/mol. The van der Waals surface area contributed by atoms with Crippen LogP contribution < -0.4 is 16.0 Å². The summed E-state index contributed by atoms with van der Waals surface area (Å²) < 4.78 is 0. The number of hydrogen-bond donors (Lipinski definition) is 3. The van der Waals surface area contributed by atoms with Crippen LogP contribution in [0, 0.1) is 5.92 Å². The van der Waals surface area contributed by atoms with E-state index in [0.29, 0.717) is 12.3 Å². The first-order chi connectivity index (χ1) is 10.0. The van der Waals surface area contributed by atoms with Gasteiger partial charge < -0.3 is 16.0 Å². The third kappa shape index (κ3) is 4.86. The standard InChI is InChI=1S/C16H23N3O2/c1-11(2)10-15(20)18-12-5-7-13(8-6-12)19-16(21)14-4-3-9-17-14/h5-8,11,14,17H,3-4,9-10H2,1-2H3,(H,18,20)(H,19,21)/t14-/m0/s1. The lowest BCUT2D eigenvalue weighted by Crippen LogP contribution is -2.35. The lowest BCUT2D eigenvalue weighted by atomic mass is 10.1. The molecule has 2 rings (SSSR count). The molecule has 0 saturated carbocycles. The highest BCUT2D eigenvalue weighted by Gasteiger charge is 2.21.